The van der Waals surface area contributed by atoms with Gasteiger partial charge in [-0.15, -0.1) is 0 Å². The van der Waals surface area contributed by atoms with E-state index in [1.807, 2.05) is 0 Å². The lowest BCUT2D eigenvalue weighted by atomic mass is 10.0. The maximum Gasteiger partial charge on any atom is 0.422 e. The van der Waals surface area contributed by atoms with Gasteiger partial charge in [-0.25, -0.2) is 0 Å². The normalized spacial score (nSPS) is 17.8. The number of halogens is 6. The van der Waals surface area contributed by atoms with Crippen LogP contribution in [-0.2, 0) is 0 Å². The van der Waals surface area contributed by atoms with Crippen LogP contribution in [-0.4, -0.2) is 68.6 Å². The topological polar surface area (TPSA) is 76.8 Å². The Morgan fingerprint density at radius 2 is 1.78 bits per heavy atom. The van der Waals surface area contributed by atoms with Gasteiger partial charge in [-0.05, 0) is 57.1 Å². The Kier molecular flexibility index (Phi) is 9.44. The van der Waals surface area contributed by atoms with Crippen molar-refractivity contribution in [2.75, 3.05) is 39.4 Å². The molecule has 1 heterocycles. The van der Waals surface area contributed by atoms with Gasteiger partial charge < -0.3 is 20.5 Å². The molecule has 6 nitrogen and oxygen atoms in total. The molecule has 32 heavy (non-hydrogen) atoms. The molecule has 3 N–H and O–H groups in total. The number of carbonyl (C=O) groups excluding carboxylic acids is 1. The molecule has 1 fully saturated rings. The van der Waals surface area contributed by atoms with Gasteiger partial charge in [0.1, 0.15) is 11.5 Å². The fourth-order valence-corrected chi connectivity index (χ4v) is 3.41. The van der Waals surface area contributed by atoms with E-state index in [4.69, 9.17) is 10.5 Å². The second-order valence-corrected chi connectivity index (χ2v) is 7.50. The predicted molar refractivity (Wildman–Crippen MR) is 105 cm³/mol. The average molecular weight is 471 g/mol. The number of piperidine rings is 1. The number of nitrogens with zero attached hydrogens (tertiary/aromatic N) is 1. The molecular formula is C20H27F6N3O3. The molecule has 0 aromatic heterocycles. The van der Waals surface area contributed by atoms with E-state index < -0.39 is 37.2 Å². The first-order chi connectivity index (χ1) is 15.0. The van der Waals surface area contributed by atoms with Gasteiger partial charge in [0.15, 0.2) is 13.2 Å². The highest BCUT2D eigenvalue weighted by Gasteiger charge is 2.31. The first-order valence-corrected chi connectivity index (χ1v) is 10.2. The zero-order valence-corrected chi connectivity index (χ0v) is 17.4. The molecule has 0 saturated carbocycles. The summed E-state index contributed by atoms with van der Waals surface area (Å²) in [6, 6.07) is 2.98. The molecule has 1 amide bonds. The third-order valence-electron chi connectivity index (χ3n) is 4.89. The molecule has 0 aliphatic carbocycles. The quantitative estimate of drug-likeness (QED) is 0.511. The summed E-state index contributed by atoms with van der Waals surface area (Å²) in [5, 5.41) is 2.66. The summed E-state index contributed by atoms with van der Waals surface area (Å²) >= 11 is 0. The number of rotatable bonds is 10. The van der Waals surface area contributed by atoms with Crippen molar-refractivity contribution in [3.63, 3.8) is 0 Å². The zero-order chi connectivity index (χ0) is 23.8. The average Bonchev–Trinajstić information content (AvgIpc) is 2.72. The minimum Gasteiger partial charge on any atom is -0.484 e. The molecule has 1 aromatic rings. The SMILES string of the molecule is NCCCN1CCCCC1CNC(=O)c1cc(OCC(F)(F)F)ccc1OCC(F)(F)F. The Labute approximate surface area is 182 Å². The van der Waals surface area contributed by atoms with E-state index in [0.29, 0.717) is 6.54 Å². The number of nitrogens with one attached hydrogen (secondary N) is 1. The molecule has 1 aliphatic heterocycles. The molecule has 1 aromatic carbocycles. The van der Waals surface area contributed by atoms with Crippen molar-refractivity contribution in [3.8, 4) is 11.5 Å². The van der Waals surface area contributed by atoms with Crippen molar-refractivity contribution >= 4 is 5.91 Å². The molecule has 0 radical (unpaired) electrons. The molecule has 0 spiro atoms. The molecule has 1 unspecified atom stereocenters. The fraction of sp³-hybridized carbons (Fsp3) is 0.650. The van der Waals surface area contributed by atoms with E-state index in [9.17, 15) is 31.1 Å². The first kappa shape index (κ1) is 26.0. The number of benzene rings is 1. The lowest BCUT2D eigenvalue weighted by molar-refractivity contribution is -0.154. The Morgan fingerprint density at radius 3 is 2.44 bits per heavy atom. The van der Waals surface area contributed by atoms with Crippen molar-refractivity contribution in [3.05, 3.63) is 23.8 Å². The molecule has 1 atom stereocenters. The van der Waals surface area contributed by atoms with Crippen LogP contribution < -0.4 is 20.5 Å². The Bertz CT molecular complexity index is 742. The van der Waals surface area contributed by atoms with Gasteiger partial charge in [0.2, 0.25) is 0 Å². The van der Waals surface area contributed by atoms with Gasteiger partial charge in [0, 0.05) is 12.6 Å². The minimum atomic E-state index is -4.65. The van der Waals surface area contributed by atoms with E-state index >= 15 is 0 Å². The number of amides is 1. The molecule has 12 heteroatoms. The van der Waals surface area contributed by atoms with Crippen LogP contribution in [0.25, 0.3) is 0 Å². The monoisotopic (exact) mass is 471 g/mol. The maximum absolute atomic E-state index is 12.7. The lowest BCUT2D eigenvalue weighted by Gasteiger charge is -2.35. The summed E-state index contributed by atoms with van der Waals surface area (Å²) in [5.41, 5.74) is 5.22. The van der Waals surface area contributed by atoms with E-state index in [2.05, 4.69) is 15.0 Å². The number of ether oxygens (including phenoxy) is 2. The van der Waals surface area contributed by atoms with Crippen LogP contribution in [0, 0.1) is 0 Å². The van der Waals surface area contributed by atoms with Gasteiger partial charge in [0.05, 0.1) is 5.56 Å². The summed E-state index contributed by atoms with van der Waals surface area (Å²) in [6.45, 7) is -0.879. The molecule has 0 bridgehead atoms. The van der Waals surface area contributed by atoms with E-state index in [1.54, 1.807) is 0 Å². The van der Waals surface area contributed by atoms with Crippen molar-refractivity contribution in [2.24, 2.45) is 5.73 Å². The molecule has 1 aliphatic rings. The standard InChI is InChI=1S/C20H27F6N3O3/c21-19(22,23)12-31-15-5-6-17(32-13-20(24,25)26)16(10-15)18(30)28-11-14-4-1-2-8-29(14)9-3-7-27/h5-6,10,14H,1-4,7-9,11-13,27H2,(H,28,30). The largest absolute Gasteiger partial charge is 0.484 e. The fourth-order valence-electron chi connectivity index (χ4n) is 3.41. The highest BCUT2D eigenvalue weighted by molar-refractivity contribution is 5.97. The van der Waals surface area contributed by atoms with Crippen molar-refractivity contribution < 1.29 is 40.6 Å². The smallest absolute Gasteiger partial charge is 0.422 e. The number of likely N-dealkylation sites (tertiary alicyclic amines) is 1. The number of carbonyl (C=O) groups is 1. The lowest BCUT2D eigenvalue weighted by Crippen LogP contribution is -2.47. The summed E-state index contributed by atoms with van der Waals surface area (Å²) < 4.78 is 84.2. The number of alkyl halides is 6. The summed E-state index contributed by atoms with van der Waals surface area (Å²) in [4.78, 5) is 14.9. The van der Waals surface area contributed by atoms with E-state index in [-0.39, 0.29) is 23.9 Å². The van der Waals surface area contributed by atoms with Gasteiger partial charge >= 0.3 is 12.4 Å². The van der Waals surface area contributed by atoms with Crippen molar-refractivity contribution in [1.82, 2.24) is 10.2 Å². The summed E-state index contributed by atoms with van der Waals surface area (Å²) in [6.07, 6.45) is -5.65. The van der Waals surface area contributed by atoms with Crippen LogP contribution >= 0.6 is 0 Å². The third-order valence-corrected chi connectivity index (χ3v) is 4.89. The van der Waals surface area contributed by atoms with Crippen molar-refractivity contribution in [2.45, 2.75) is 44.1 Å². The molecule has 2 rings (SSSR count). The number of nitrogens with two attached hydrogens (primary N) is 1. The van der Waals surface area contributed by atoms with Crippen LogP contribution in [0.2, 0.25) is 0 Å². The second-order valence-electron chi connectivity index (χ2n) is 7.50. The zero-order valence-electron chi connectivity index (χ0n) is 17.4. The van der Waals surface area contributed by atoms with Crippen LogP contribution in [0.5, 0.6) is 11.5 Å². The first-order valence-electron chi connectivity index (χ1n) is 10.2. The minimum absolute atomic E-state index is 0.0310. The Hall–Kier alpha value is -2.21. The van der Waals surface area contributed by atoms with E-state index in [1.165, 1.54) is 0 Å². The van der Waals surface area contributed by atoms with Gasteiger partial charge in [0.25, 0.3) is 5.91 Å². The van der Waals surface area contributed by atoms with Crippen LogP contribution in [0.3, 0.4) is 0 Å². The highest BCUT2D eigenvalue weighted by atomic mass is 19.4. The van der Waals surface area contributed by atoms with E-state index in [0.717, 1.165) is 57.0 Å². The highest BCUT2D eigenvalue weighted by Crippen LogP contribution is 2.28. The summed E-state index contributed by atoms with van der Waals surface area (Å²) in [5.74, 6) is -1.47. The van der Waals surface area contributed by atoms with Crippen LogP contribution in [0.1, 0.15) is 36.0 Å². The molecule has 182 valence electrons. The van der Waals surface area contributed by atoms with Crippen molar-refractivity contribution in [1.29, 1.82) is 0 Å². The van der Waals surface area contributed by atoms with Crippen LogP contribution in [0.15, 0.2) is 18.2 Å². The third kappa shape index (κ3) is 9.11. The molecule has 1 saturated heterocycles. The predicted octanol–water partition coefficient (Wildman–Crippen LogP) is 3.50. The van der Waals surface area contributed by atoms with Gasteiger partial charge in [-0.2, -0.15) is 26.3 Å². The second kappa shape index (κ2) is 11.6. The number of hydrogen-bond donors (Lipinski definition) is 2. The van der Waals surface area contributed by atoms with Gasteiger partial charge in [-0.3, -0.25) is 9.69 Å². The van der Waals surface area contributed by atoms with Crippen LogP contribution in [0.4, 0.5) is 26.3 Å². The number of hydrogen-bond acceptors (Lipinski definition) is 5. The van der Waals surface area contributed by atoms with Gasteiger partial charge in [-0.1, -0.05) is 6.42 Å². The summed E-state index contributed by atoms with van der Waals surface area (Å²) in [7, 11) is 0. The Morgan fingerprint density at radius 1 is 1.09 bits per heavy atom. The Balaban J connectivity index is 2.12. The molecular weight excluding hydrogens is 444 g/mol. The maximum atomic E-state index is 12.7.